The monoisotopic (exact) mass is 551 g/mol. The van der Waals surface area contributed by atoms with Crippen molar-refractivity contribution < 1.29 is 32.3 Å². The van der Waals surface area contributed by atoms with Crippen LogP contribution < -0.4 is 15.4 Å². The molecule has 1 fully saturated rings. The number of amides is 3. The van der Waals surface area contributed by atoms with Crippen molar-refractivity contribution in [3.05, 3.63) is 83.2 Å². The topological polar surface area (TPSA) is 114 Å². The minimum absolute atomic E-state index is 0.0919. The van der Waals surface area contributed by atoms with Crippen molar-refractivity contribution in [2.24, 2.45) is 0 Å². The van der Waals surface area contributed by atoms with E-state index < -0.39 is 54.0 Å². The highest BCUT2D eigenvalue weighted by molar-refractivity contribution is 6.05. The van der Waals surface area contributed by atoms with Gasteiger partial charge in [0.05, 0.1) is 5.56 Å². The maximum atomic E-state index is 13.4. The van der Waals surface area contributed by atoms with Crippen molar-refractivity contribution in [3.8, 4) is 5.88 Å². The third kappa shape index (κ3) is 4.33. The molecule has 1 aromatic carbocycles. The Kier molecular flexibility index (Phi) is 6.00. The quantitative estimate of drug-likeness (QED) is 0.515. The van der Waals surface area contributed by atoms with Gasteiger partial charge in [0, 0.05) is 41.9 Å². The Morgan fingerprint density at radius 2 is 1.95 bits per heavy atom. The fraction of sp³-hybridized carbons (Fsp3) is 0.321. The van der Waals surface area contributed by atoms with Gasteiger partial charge in [0.1, 0.15) is 18.4 Å². The number of pyridine rings is 2. The normalized spacial score (nSPS) is 25.3. The Hall–Kier alpha value is -4.48. The molecule has 40 heavy (non-hydrogen) atoms. The Morgan fingerprint density at radius 3 is 2.70 bits per heavy atom. The molecule has 3 aliphatic heterocycles. The first-order valence-corrected chi connectivity index (χ1v) is 12.7. The van der Waals surface area contributed by atoms with Gasteiger partial charge in [-0.1, -0.05) is 30.3 Å². The van der Waals surface area contributed by atoms with Crippen molar-refractivity contribution in [1.82, 2.24) is 20.2 Å². The number of halogens is 3. The highest BCUT2D eigenvalue weighted by atomic mass is 19.4. The first-order valence-electron chi connectivity index (χ1n) is 12.7. The van der Waals surface area contributed by atoms with Gasteiger partial charge in [-0.05, 0) is 37.1 Å². The smallest absolute Gasteiger partial charge is 0.406 e. The number of piperidine rings is 1. The van der Waals surface area contributed by atoms with Crippen LogP contribution in [0.15, 0.2) is 60.9 Å². The van der Waals surface area contributed by atoms with Crippen LogP contribution in [-0.4, -0.2) is 57.4 Å². The predicted octanol–water partition coefficient (Wildman–Crippen LogP) is 3.32. The van der Waals surface area contributed by atoms with E-state index in [1.165, 1.54) is 12.3 Å². The number of carbonyl (C=O) groups excluding carboxylic acids is 3. The molecule has 3 amide bonds. The zero-order valence-corrected chi connectivity index (χ0v) is 21.2. The second kappa shape index (κ2) is 9.32. The summed E-state index contributed by atoms with van der Waals surface area (Å²) in [6.07, 6.45) is -1.55. The molecule has 9 nitrogen and oxygen atoms in total. The van der Waals surface area contributed by atoms with Crippen molar-refractivity contribution in [2.75, 3.05) is 11.9 Å². The highest BCUT2D eigenvalue weighted by Crippen LogP contribution is 2.46. The summed E-state index contributed by atoms with van der Waals surface area (Å²) >= 11 is 0. The van der Waals surface area contributed by atoms with Crippen LogP contribution in [0.3, 0.4) is 0 Å². The standard InChI is InChI=1S/C28H24F3N5O4/c1-15-19(16-6-3-2-4-7-16)11-21(25(38)36(15)14-28(29,30)31)34-23(37)18-10-17-12-27(40-24(17)33-13-18)20-8-5-9-32-22(20)35-26(27)39/h2-10,13,15,19,21H,11-12,14H2,1H3,(H,34,37)(H,32,35,39)/t15-,19-,21+,27+/m1/s1. The summed E-state index contributed by atoms with van der Waals surface area (Å²) in [5, 5.41) is 5.33. The molecule has 6 rings (SSSR count). The van der Waals surface area contributed by atoms with Crippen LogP contribution in [0, 0.1) is 0 Å². The fourth-order valence-corrected chi connectivity index (χ4v) is 5.81. The fourth-order valence-electron chi connectivity index (χ4n) is 5.81. The summed E-state index contributed by atoms with van der Waals surface area (Å²) in [6.45, 7) is 0.174. The minimum atomic E-state index is -4.60. The van der Waals surface area contributed by atoms with Crippen LogP contribution in [0.4, 0.5) is 19.0 Å². The predicted molar refractivity (Wildman–Crippen MR) is 135 cm³/mol. The van der Waals surface area contributed by atoms with Gasteiger partial charge >= 0.3 is 6.18 Å². The van der Waals surface area contributed by atoms with E-state index in [4.69, 9.17) is 4.74 Å². The van der Waals surface area contributed by atoms with Crippen LogP contribution >= 0.6 is 0 Å². The third-order valence-corrected chi connectivity index (χ3v) is 7.77. The zero-order valence-electron chi connectivity index (χ0n) is 21.2. The number of nitrogens with one attached hydrogen (secondary N) is 2. The summed E-state index contributed by atoms with van der Waals surface area (Å²) < 4.78 is 46.2. The number of rotatable bonds is 4. The molecule has 0 saturated carbocycles. The Morgan fingerprint density at radius 1 is 1.18 bits per heavy atom. The first-order chi connectivity index (χ1) is 19.1. The lowest BCUT2D eigenvalue weighted by molar-refractivity contribution is -0.170. The van der Waals surface area contributed by atoms with Gasteiger partial charge in [0.25, 0.3) is 11.8 Å². The van der Waals surface area contributed by atoms with E-state index in [0.29, 0.717) is 16.9 Å². The molecule has 3 aromatic rings. The zero-order chi connectivity index (χ0) is 28.2. The molecule has 2 aromatic heterocycles. The molecule has 1 spiro atoms. The molecule has 1 saturated heterocycles. The summed E-state index contributed by atoms with van der Waals surface area (Å²) in [7, 11) is 0. The van der Waals surface area contributed by atoms with Gasteiger partial charge in [0.2, 0.25) is 17.4 Å². The van der Waals surface area contributed by atoms with E-state index in [1.54, 1.807) is 55.6 Å². The Bertz CT molecular complexity index is 1520. The van der Waals surface area contributed by atoms with E-state index in [0.717, 1.165) is 10.5 Å². The number of nitrogens with zero attached hydrogens (tertiary/aromatic N) is 3. The van der Waals surface area contributed by atoms with Gasteiger partial charge in [-0.25, -0.2) is 9.97 Å². The molecule has 0 radical (unpaired) electrons. The molecule has 5 heterocycles. The average molecular weight is 552 g/mol. The lowest BCUT2D eigenvalue weighted by atomic mass is 9.81. The summed E-state index contributed by atoms with van der Waals surface area (Å²) in [4.78, 5) is 48.5. The molecule has 0 aliphatic carbocycles. The van der Waals surface area contributed by atoms with Gasteiger partial charge in [-0.2, -0.15) is 13.2 Å². The van der Waals surface area contributed by atoms with Crippen molar-refractivity contribution in [1.29, 1.82) is 0 Å². The number of fused-ring (bicyclic) bond motifs is 3. The maximum Gasteiger partial charge on any atom is 0.406 e. The van der Waals surface area contributed by atoms with Gasteiger partial charge < -0.3 is 20.3 Å². The number of hydrogen-bond acceptors (Lipinski definition) is 6. The number of anilines is 1. The highest BCUT2D eigenvalue weighted by Gasteiger charge is 2.54. The SMILES string of the molecule is C[C@@H]1[C@H](c2ccccc2)C[C@H](NC(=O)c2cnc3c(c2)C[C@@]2(O3)C(=O)Nc3ncccc32)C(=O)N1CC(F)(F)F. The molecule has 3 aliphatic rings. The number of benzene rings is 1. The van der Waals surface area contributed by atoms with Crippen LogP contribution in [0.1, 0.15) is 46.3 Å². The molecule has 206 valence electrons. The van der Waals surface area contributed by atoms with Gasteiger partial charge in [-0.3, -0.25) is 14.4 Å². The molecule has 2 N–H and O–H groups in total. The Labute approximate surface area is 226 Å². The Balaban J connectivity index is 1.25. The van der Waals surface area contributed by atoms with E-state index in [2.05, 4.69) is 20.6 Å². The largest absolute Gasteiger partial charge is 0.455 e. The molecule has 0 bridgehead atoms. The number of aromatic nitrogens is 2. The molecular weight excluding hydrogens is 527 g/mol. The minimum Gasteiger partial charge on any atom is -0.455 e. The van der Waals surface area contributed by atoms with Crippen LogP contribution in [-0.2, 0) is 21.6 Å². The second-order valence-electron chi connectivity index (χ2n) is 10.2. The number of carbonyl (C=O) groups is 3. The second-order valence-corrected chi connectivity index (χ2v) is 10.2. The van der Waals surface area contributed by atoms with Gasteiger partial charge in [0.15, 0.2) is 0 Å². The number of likely N-dealkylation sites (tertiary alicyclic amines) is 1. The van der Waals surface area contributed by atoms with Crippen LogP contribution in [0.25, 0.3) is 0 Å². The maximum absolute atomic E-state index is 13.4. The van der Waals surface area contributed by atoms with Crippen molar-refractivity contribution >= 4 is 23.5 Å². The van der Waals surface area contributed by atoms with E-state index >= 15 is 0 Å². The lowest BCUT2D eigenvalue weighted by Crippen LogP contribution is -2.59. The molecule has 4 atom stereocenters. The number of hydrogen-bond donors (Lipinski definition) is 2. The summed E-state index contributed by atoms with van der Waals surface area (Å²) in [5.41, 5.74) is 0.575. The van der Waals surface area contributed by atoms with E-state index in [1.807, 2.05) is 0 Å². The lowest BCUT2D eigenvalue weighted by Gasteiger charge is -2.43. The van der Waals surface area contributed by atoms with Gasteiger partial charge in [-0.15, -0.1) is 0 Å². The van der Waals surface area contributed by atoms with Crippen molar-refractivity contribution in [2.45, 2.75) is 49.5 Å². The average Bonchev–Trinajstić information content (AvgIpc) is 3.44. The molecule has 12 heteroatoms. The van der Waals surface area contributed by atoms with E-state index in [9.17, 15) is 27.6 Å². The third-order valence-electron chi connectivity index (χ3n) is 7.77. The van der Waals surface area contributed by atoms with Crippen LogP contribution in [0.2, 0.25) is 0 Å². The van der Waals surface area contributed by atoms with E-state index in [-0.39, 0.29) is 24.3 Å². The molecule has 0 unspecified atom stereocenters. The molecular formula is C28H24F3N5O4. The first kappa shape index (κ1) is 25.8. The van der Waals surface area contributed by atoms with Crippen LogP contribution in [0.5, 0.6) is 5.88 Å². The summed E-state index contributed by atoms with van der Waals surface area (Å²) in [5.74, 6) is -1.71. The summed E-state index contributed by atoms with van der Waals surface area (Å²) in [6, 6.07) is 12.0. The number of ether oxygens (including phenoxy) is 1. The number of alkyl halides is 3. The van der Waals surface area contributed by atoms with Crippen molar-refractivity contribution in [3.63, 3.8) is 0 Å².